The van der Waals surface area contributed by atoms with E-state index in [4.69, 9.17) is 9.47 Å². The molecule has 24 heavy (non-hydrogen) atoms. The van der Waals surface area contributed by atoms with E-state index in [2.05, 4.69) is 5.32 Å². The number of hydrogen-bond donors (Lipinski definition) is 2. The van der Waals surface area contributed by atoms with Crippen molar-refractivity contribution in [3.05, 3.63) is 54.1 Å². The summed E-state index contributed by atoms with van der Waals surface area (Å²) in [5.41, 5.74) is 1.55. The molecule has 0 atom stereocenters. The third-order valence-corrected chi connectivity index (χ3v) is 3.48. The first kappa shape index (κ1) is 17.6. The Bertz CT molecular complexity index is 639. The van der Waals surface area contributed by atoms with Crippen molar-refractivity contribution in [1.82, 2.24) is 4.90 Å². The Morgan fingerprint density at radius 2 is 1.71 bits per heavy atom. The molecule has 0 fully saturated rings. The second-order valence-electron chi connectivity index (χ2n) is 5.16. The highest BCUT2D eigenvalue weighted by Gasteiger charge is 2.14. The number of nitrogens with one attached hydrogen (secondary N) is 1. The van der Waals surface area contributed by atoms with Gasteiger partial charge in [0.25, 0.3) is 0 Å². The van der Waals surface area contributed by atoms with Gasteiger partial charge in [0, 0.05) is 37.0 Å². The summed E-state index contributed by atoms with van der Waals surface area (Å²) in [5, 5.41) is 12.0. The van der Waals surface area contributed by atoms with Gasteiger partial charge in [0.2, 0.25) is 0 Å². The van der Waals surface area contributed by atoms with Crippen LogP contribution in [0, 0.1) is 0 Å². The molecule has 0 unspecified atom stereocenters. The maximum Gasteiger partial charge on any atom is 0.322 e. The quantitative estimate of drug-likeness (QED) is 0.819. The van der Waals surface area contributed by atoms with Gasteiger partial charge in [-0.15, -0.1) is 0 Å². The summed E-state index contributed by atoms with van der Waals surface area (Å²) in [4.78, 5) is 14.1. The molecule has 2 aromatic rings. The van der Waals surface area contributed by atoms with Crippen LogP contribution in [-0.4, -0.2) is 43.4 Å². The van der Waals surface area contributed by atoms with E-state index in [1.165, 1.54) is 0 Å². The largest absolute Gasteiger partial charge is 0.497 e. The van der Waals surface area contributed by atoms with Crippen LogP contribution >= 0.6 is 0 Å². The van der Waals surface area contributed by atoms with Gasteiger partial charge < -0.3 is 24.8 Å². The van der Waals surface area contributed by atoms with Crippen molar-refractivity contribution < 1.29 is 19.4 Å². The fourth-order valence-corrected chi connectivity index (χ4v) is 2.26. The van der Waals surface area contributed by atoms with Crippen molar-refractivity contribution in [3.63, 3.8) is 0 Å². The Labute approximate surface area is 141 Å². The predicted octanol–water partition coefficient (Wildman–Crippen LogP) is 2.73. The number of carbonyl (C=O) groups excluding carboxylic acids is 1. The van der Waals surface area contributed by atoms with E-state index >= 15 is 0 Å². The van der Waals surface area contributed by atoms with Crippen molar-refractivity contribution in [2.24, 2.45) is 0 Å². The zero-order valence-corrected chi connectivity index (χ0v) is 13.9. The fraction of sp³-hybridized carbons (Fsp3) is 0.278. The smallest absolute Gasteiger partial charge is 0.322 e. The number of benzene rings is 2. The number of ether oxygens (including phenoxy) is 2. The first-order valence-corrected chi connectivity index (χ1v) is 7.60. The number of amides is 2. The molecule has 2 N–H and O–H groups in total. The first-order valence-electron chi connectivity index (χ1n) is 7.60. The highest BCUT2D eigenvalue weighted by Crippen LogP contribution is 2.26. The van der Waals surface area contributed by atoms with Crippen molar-refractivity contribution >= 4 is 11.7 Å². The maximum atomic E-state index is 12.5. The van der Waals surface area contributed by atoms with Crippen molar-refractivity contribution in [2.45, 2.75) is 6.54 Å². The highest BCUT2D eigenvalue weighted by atomic mass is 16.5. The zero-order chi connectivity index (χ0) is 17.4. The number of urea groups is 1. The van der Waals surface area contributed by atoms with Crippen LogP contribution in [0.1, 0.15) is 5.56 Å². The average Bonchev–Trinajstić information content (AvgIpc) is 2.61. The molecule has 0 radical (unpaired) electrons. The lowest BCUT2D eigenvalue weighted by atomic mass is 10.2. The molecule has 0 aliphatic rings. The molecule has 6 heteroatoms. The molecule has 0 aromatic heterocycles. The Kier molecular flexibility index (Phi) is 6.45. The summed E-state index contributed by atoms with van der Waals surface area (Å²) in [6, 6.07) is 14.5. The summed E-state index contributed by atoms with van der Waals surface area (Å²) in [7, 11) is 3.10. The molecular formula is C18H22N2O4. The predicted molar refractivity (Wildman–Crippen MR) is 92.5 cm³/mol. The molecule has 0 saturated heterocycles. The van der Waals surface area contributed by atoms with Crippen LogP contribution in [0.25, 0.3) is 0 Å². The van der Waals surface area contributed by atoms with Crippen LogP contribution < -0.4 is 14.8 Å². The minimum Gasteiger partial charge on any atom is -0.497 e. The molecule has 0 saturated carbocycles. The molecule has 0 aliphatic heterocycles. The molecule has 2 amide bonds. The number of anilines is 1. The lowest BCUT2D eigenvalue weighted by Gasteiger charge is -2.22. The molecule has 128 valence electrons. The summed E-state index contributed by atoms with van der Waals surface area (Å²) < 4.78 is 10.4. The Morgan fingerprint density at radius 1 is 1.08 bits per heavy atom. The van der Waals surface area contributed by atoms with E-state index in [0.717, 1.165) is 5.56 Å². The normalized spacial score (nSPS) is 10.1. The molecule has 0 spiro atoms. The number of nitrogens with zero attached hydrogens (tertiary/aromatic N) is 1. The van der Waals surface area contributed by atoms with Gasteiger partial charge in [-0.1, -0.05) is 30.3 Å². The first-order chi connectivity index (χ1) is 11.7. The van der Waals surface area contributed by atoms with Crippen LogP contribution in [0.15, 0.2) is 48.5 Å². The van der Waals surface area contributed by atoms with E-state index in [9.17, 15) is 9.90 Å². The number of methoxy groups -OCH3 is 2. The van der Waals surface area contributed by atoms with Gasteiger partial charge in [0.1, 0.15) is 11.5 Å². The van der Waals surface area contributed by atoms with Gasteiger partial charge in [-0.25, -0.2) is 4.79 Å². The van der Waals surface area contributed by atoms with Gasteiger partial charge in [0.15, 0.2) is 0 Å². The van der Waals surface area contributed by atoms with Gasteiger partial charge >= 0.3 is 6.03 Å². The minimum absolute atomic E-state index is 0.109. The van der Waals surface area contributed by atoms with E-state index in [0.29, 0.717) is 23.7 Å². The monoisotopic (exact) mass is 330 g/mol. The van der Waals surface area contributed by atoms with Crippen LogP contribution in [0.4, 0.5) is 10.5 Å². The second-order valence-corrected chi connectivity index (χ2v) is 5.16. The highest BCUT2D eigenvalue weighted by molar-refractivity contribution is 5.89. The van der Waals surface area contributed by atoms with Gasteiger partial charge in [-0.2, -0.15) is 0 Å². The maximum absolute atomic E-state index is 12.5. The van der Waals surface area contributed by atoms with Crippen LogP contribution in [0.5, 0.6) is 11.5 Å². The second kappa shape index (κ2) is 8.79. The number of rotatable bonds is 7. The van der Waals surface area contributed by atoms with E-state index in [1.54, 1.807) is 37.3 Å². The zero-order valence-electron chi connectivity index (χ0n) is 13.9. The fourth-order valence-electron chi connectivity index (χ4n) is 2.26. The van der Waals surface area contributed by atoms with Crippen LogP contribution in [-0.2, 0) is 6.54 Å². The summed E-state index contributed by atoms with van der Waals surface area (Å²) in [6.07, 6.45) is 0. The number of carbonyl (C=O) groups is 1. The summed E-state index contributed by atoms with van der Waals surface area (Å²) in [6.45, 7) is 0.540. The average molecular weight is 330 g/mol. The Balaban J connectivity index is 2.12. The molecule has 0 bridgehead atoms. The number of aliphatic hydroxyl groups excluding tert-OH is 1. The van der Waals surface area contributed by atoms with E-state index in [1.807, 2.05) is 30.3 Å². The number of aliphatic hydroxyl groups is 1. The summed E-state index contributed by atoms with van der Waals surface area (Å²) >= 11 is 0. The molecule has 0 aliphatic carbocycles. The molecular weight excluding hydrogens is 308 g/mol. The lowest BCUT2D eigenvalue weighted by molar-refractivity contribution is 0.185. The van der Waals surface area contributed by atoms with Crippen LogP contribution in [0.3, 0.4) is 0 Å². The SMILES string of the molecule is COc1cc(NC(=O)N(CCO)Cc2ccccc2)cc(OC)c1. The third-order valence-electron chi connectivity index (χ3n) is 3.48. The number of hydrogen-bond acceptors (Lipinski definition) is 4. The van der Waals surface area contributed by atoms with Gasteiger partial charge in [-0.3, -0.25) is 0 Å². The molecule has 6 nitrogen and oxygen atoms in total. The molecule has 0 heterocycles. The summed E-state index contributed by atoms with van der Waals surface area (Å²) in [5.74, 6) is 1.17. The topological polar surface area (TPSA) is 71.0 Å². The molecule has 2 aromatic carbocycles. The van der Waals surface area contributed by atoms with Crippen molar-refractivity contribution in [1.29, 1.82) is 0 Å². The van der Waals surface area contributed by atoms with Crippen molar-refractivity contribution in [3.8, 4) is 11.5 Å². The minimum atomic E-state index is -0.303. The van der Waals surface area contributed by atoms with Crippen LogP contribution in [0.2, 0.25) is 0 Å². The van der Waals surface area contributed by atoms with Gasteiger partial charge in [0.05, 0.1) is 20.8 Å². The lowest BCUT2D eigenvalue weighted by Crippen LogP contribution is -2.36. The third kappa shape index (κ3) is 4.89. The Morgan fingerprint density at radius 3 is 2.25 bits per heavy atom. The van der Waals surface area contributed by atoms with Crippen molar-refractivity contribution in [2.75, 3.05) is 32.7 Å². The van der Waals surface area contributed by atoms with E-state index in [-0.39, 0.29) is 19.2 Å². The molecule has 2 rings (SSSR count). The Hall–Kier alpha value is -2.73. The standard InChI is InChI=1S/C18H22N2O4/c1-23-16-10-15(11-17(12-16)24-2)19-18(22)20(8-9-21)13-14-6-4-3-5-7-14/h3-7,10-12,21H,8-9,13H2,1-2H3,(H,19,22). The van der Waals surface area contributed by atoms with Gasteiger partial charge in [-0.05, 0) is 5.56 Å². The van der Waals surface area contributed by atoms with E-state index < -0.39 is 0 Å².